The molecule has 0 aromatic carbocycles. The van der Waals surface area contributed by atoms with E-state index in [2.05, 4.69) is 10.0 Å². The molecule has 0 aliphatic carbocycles. The summed E-state index contributed by atoms with van der Waals surface area (Å²) in [5.41, 5.74) is 0.389. The lowest BCUT2D eigenvalue weighted by molar-refractivity contribution is 0.439. The molecule has 0 spiro atoms. The van der Waals surface area contributed by atoms with Crippen molar-refractivity contribution in [1.29, 1.82) is 0 Å². The van der Waals surface area contributed by atoms with Gasteiger partial charge in [-0.2, -0.15) is 0 Å². The van der Waals surface area contributed by atoms with Gasteiger partial charge in [-0.25, -0.2) is 13.1 Å². The molecule has 0 radical (unpaired) electrons. The highest BCUT2D eigenvalue weighted by Crippen LogP contribution is 2.28. The number of nitrogens with one attached hydrogen (secondary N) is 2. The first-order valence-corrected chi connectivity index (χ1v) is 8.91. The van der Waals surface area contributed by atoms with E-state index >= 15 is 0 Å². The zero-order valence-corrected chi connectivity index (χ0v) is 14.0. The highest BCUT2D eigenvalue weighted by molar-refractivity contribution is 7.89. The standard InChI is InChI=1S/C13H24N2O2S2/c1-6-13(4,5)15-19(16,17)12-10(3)9-18-11(12)8-14-7-2/h9,14-15H,6-8H2,1-5H3. The maximum Gasteiger partial charge on any atom is 0.242 e. The van der Waals surface area contributed by atoms with E-state index in [-0.39, 0.29) is 0 Å². The number of hydrogen-bond donors (Lipinski definition) is 2. The summed E-state index contributed by atoms with van der Waals surface area (Å²) in [6, 6.07) is 0. The molecule has 0 saturated carbocycles. The molecule has 1 aromatic rings. The van der Waals surface area contributed by atoms with Crippen molar-refractivity contribution in [2.24, 2.45) is 0 Å². The van der Waals surface area contributed by atoms with Crippen LogP contribution in [0.4, 0.5) is 0 Å². The molecular weight excluding hydrogens is 280 g/mol. The second-order valence-corrected chi connectivity index (χ2v) is 7.88. The van der Waals surface area contributed by atoms with E-state index in [1.165, 1.54) is 11.3 Å². The third kappa shape index (κ3) is 4.27. The SMILES string of the molecule is CCNCc1scc(C)c1S(=O)(=O)NC(C)(C)CC. The lowest BCUT2D eigenvalue weighted by Crippen LogP contribution is -2.43. The molecule has 0 saturated heterocycles. The molecule has 0 bridgehead atoms. The first kappa shape index (κ1) is 16.6. The molecule has 6 heteroatoms. The van der Waals surface area contributed by atoms with E-state index in [0.29, 0.717) is 11.4 Å². The Bertz CT molecular complexity index is 519. The van der Waals surface area contributed by atoms with Crippen molar-refractivity contribution in [2.45, 2.75) is 58.0 Å². The normalized spacial score (nSPS) is 12.9. The Kier molecular flexibility index (Phi) is 5.55. The van der Waals surface area contributed by atoms with E-state index in [4.69, 9.17) is 0 Å². The van der Waals surface area contributed by atoms with Crippen LogP contribution in [0.1, 0.15) is 44.6 Å². The summed E-state index contributed by atoms with van der Waals surface area (Å²) in [6.07, 6.45) is 0.748. The summed E-state index contributed by atoms with van der Waals surface area (Å²) in [5, 5.41) is 5.09. The predicted molar refractivity (Wildman–Crippen MR) is 81.1 cm³/mol. The van der Waals surface area contributed by atoms with Gasteiger partial charge in [-0.1, -0.05) is 13.8 Å². The van der Waals surface area contributed by atoms with Crippen molar-refractivity contribution in [1.82, 2.24) is 10.0 Å². The molecule has 0 amide bonds. The Hall–Kier alpha value is -0.430. The molecule has 2 N–H and O–H groups in total. The van der Waals surface area contributed by atoms with Gasteiger partial charge in [0, 0.05) is 17.0 Å². The van der Waals surface area contributed by atoms with Crippen molar-refractivity contribution in [3.05, 3.63) is 15.8 Å². The summed E-state index contributed by atoms with van der Waals surface area (Å²) >= 11 is 1.49. The third-order valence-corrected chi connectivity index (χ3v) is 6.25. The van der Waals surface area contributed by atoms with Crippen molar-refractivity contribution < 1.29 is 8.42 Å². The van der Waals surface area contributed by atoms with Gasteiger partial charge in [-0.05, 0) is 44.7 Å². The van der Waals surface area contributed by atoms with E-state index in [9.17, 15) is 8.42 Å². The molecule has 0 atom stereocenters. The predicted octanol–water partition coefficient (Wildman–Crippen LogP) is 2.63. The van der Waals surface area contributed by atoms with Crippen LogP contribution in [0.15, 0.2) is 10.3 Å². The van der Waals surface area contributed by atoms with E-state index in [1.807, 2.05) is 40.0 Å². The molecule has 110 valence electrons. The van der Waals surface area contributed by atoms with Gasteiger partial charge in [-0.15, -0.1) is 11.3 Å². The van der Waals surface area contributed by atoms with E-state index < -0.39 is 15.6 Å². The van der Waals surface area contributed by atoms with Crippen LogP contribution in [0.3, 0.4) is 0 Å². The fraction of sp³-hybridized carbons (Fsp3) is 0.692. The molecule has 0 fully saturated rings. The fourth-order valence-corrected chi connectivity index (χ4v) is 4.96. The molecular formula is C13H24N2O2S2. The van der Waals surface area contributed by atoms with Crippen LogP contribution in [0, 0.1) is 6.92 Å². The van der Waals surface area contributed by atoms with Gasteiger partial charge in [0.15, 0.2) is 0 Å². The second kappa shape index (κ2) is 6.35. The summed E-state index contributed by atoms with van der Waals surface area (Å²) < 4.78 is 27.9. The maximum atomic E-state index is 12.5. The number of sulfonamides is 1. The molecule has 0 aliphatic rings. The van der Waals surface area contributed by atoms with Crippen LogP contribution in [-0.4, -0.2) is 20.5 Å². The Balaban J connectivity index is 3.10. The van der Waals surface area contributed by atoms with Gasteiger partial charge in [-0.3, -0.25) is 0 Å². The van der Waals surface area contributed by atoms with Crippen LogP contribution >= 0.6 is 11.3 Å². The van der Waals surface area contributed by atoms with Gasteiger partial charge in [0.2, 0.25) is 10.0 Å². The van der Waals surface area contributed by atoms with Crippen LogP contribution in [-0.2, 0) is 16.6 Å². The minimum atomic E-state index is -3.46. The molecule has 0 aliphatic heterocycles. The molecule has 0 unspecified atom stereocenters. The molecule has 1 heterocycles. The minimum absolute atomic E-state index is 0.428. The van der Waals surface area contributed by atoms with Crippen LogP contribution < -0.4 is 10.0 Å². The molecule has 4 nitrogen and oxygen atoms in total. The summed E-state index contributed by atoms with van der Waals surface area (Å²) in [5.74, 6) is 0. The number of aryl methyl sites for hydroxylation is 1. The van der Waals surface area contributed by atoms with Crippen molar-refractivity contribution in [3.63, 3.8) is 0 Å². The summed E-state index contributed by atoms with van der Waals surface area (Å²) in [4.78, 5) is 1.32. The van der Waals surface area contributed by atoms with Crippen molar-refractivity contribution in [2.75, 3.05) is 6.54 Å². The van der Waals surface area contributed by atoms with Crippen molar-refractivity contribution in [3.8, 4) is 0 Å². The van der Waals surface area contributed by atoms with Crippen molar-refractivity contribution >= 4 is 21.4 Å². The van der Waals surface area contributed by atoms with E-state index in [0.717, 1.165) is 23.4 Å². The van der Waals surface area contributed by atoms with Gasteiger partial charge in [0.05, 0.1) is 0 Å². The highest BCUT2D eigenvalue weighted by Gasteiger charge is 2.28. The number of rotatable bonds is 7. The molecule has 1 aromatic heterocycles. The zero-order chi connectivity index (χ0) is 14.7. The Morgan fingerprint density at radius 3 is 2.47 bits per heavy atom. The maximum absolute atomic E-state index is 12.5. The molecule has 1 rings (SSSR count). The monoisotopic (exact) mass is 304 g/mol. The van der Waals surface area contributed by atoms with Crippen LogP contribution in [0.2, 0.25) is 0 Å². The number of thiophene rings is 1. The van der Waals surface area contributed by atoms with Gasteiger partial charge >= 0.3 is 0 Å². The fourth-order valence-electron chi connectivity index (χ4n) is 1.70. The Morgan fingerprint density at radius 2 is 1.95 bits per heavy atom. The Morgan fingerprint density at radius 1 is 1.32 bits per heavy atom. The van der Waals surface area contributed by atoms with E-state index in [1.54, 1.807) is 0 Å². The first-order chi connectivity index (χ1) is 8.73. The lowest BCUT2D eigenvalue weighted by atomic mass is 10.0. The second-order valence-electron chi connectivity index (χ2n) is 5.29. The van der Waals surface area contributed by atoms with Gasteiger partial charge in [0.1, 0.15) is 4.90 Å². The largest absolute Gasteiger partial charge is 0.312 e. The summed E-state index contributed by atoms with van der Waals surface area (Å²) in [6.45, 7) is 11.0. The quantitative estimate of drug-likeness (QED) is 0.814. The number of hydrogen-bond acceptors (Lipinski definition) is 4. The third-order valence-electron chi connectivity index (χ3n) is 3.09. The first-order valence-electron chi connectivity index (χ1n) is 6.55. The van der Waals surface area contributed by atoms with Gasteiger partial charge in [0.25, 0.3) is 0 Å². The van der Waals surface area contributed by atoms with Gasteiger partial charge < -0.3 is 5.32 Å². The van der Waals surface area contributed by atoms with Crippen LogP contribution in [0.25, 0.3) is 0 Å². The average molecular weight is 304 g/mol. The minimum Gasteiger partial charge on any atom is -0.312 e. The average Bonchev–Trinajstić information content (AvgIpc) is 2.67. The Labute approximate surface area is 120 Å². The lowest BCUT2D eigenvalue weighted by Gasteiger charge is -2.24. The molecule has 19 heavy (non-hydrogen) atoms. The van der Waals surface area contributed by atoms with Crippen LogP contribution in [0.5, 0.6) is 0 Å². The summed E-state index contributed by atoms with van der Waals surface area (Å²) in [7, 11) is -3.46. The highest BCUT2D eigenvalue weighted by atomic mass is 32.2. The zero-order valence-electron chi connectivity index (χ0n) is 12.3. The topological polar surface area (TPSA) is 58.2 Å². The smallest absolute Gasteiger partial charge is 0.242 e.